The second kappa shape index (κ2) is 7.22. The molecule has 1 aliphatic rings. The first-order chi connectivity index (χ1) is 10.3. The minimum Gasteiger partial charge on any atom is -0.337 e. The lowest BCUT2D eigenvalue weighted by Gasteiger charge is -2.13. The van der Waals surface area contributed by atoms with Crippen LogP contribution in [0.15, 0.2) is 43.0 Å². The Balaban J connectivity index is 0.00000176. The lowest BCUT2D eigenvalue weighted by molar-refractivity contribution is 0.0651. The summed E-state index contributed by atoms with van der Waals surface area (Å²) in [6.45, 7) is 1.42. The van der Waals surface area contributed by atoms with Crippen molar-refractivity contribution in [1.82, 2.24) is 14.5 Å². The number of fused-ring (bicyclic) bond motifs is 1. The second-order valence-corrected chi connectivity index (χ2v) is 5.17. The van der Waals surface area contributed by atoms with Crippen LogP contribution >= 0.6 is 12.4 Å². The summed E-state index contributed by atoms with van der Waals surface area (Å²) in [4.78, 5) is 29.7. The van der Waals surface area contributed by atoms with E-state index in [-0.39, 0.29) is 24.2 Å². The van der Waals surface area contributed by atoms with E-state index in [0.717, 1.165) is 25.8 Å². The van der Waals surface area contributed by atoms with Gasteiger partial charge in [0.1, 0.15) is 0 Å². The normalized spacial score (nSPS) is 13.2. The Hall–Kier alpha value is -2.14. The van der Waals surface area contributed by atoms with Crippen molar-refractivity contribution in [3.8, 4) is 0 Å². The van der Waals surface area contributed by atoms with Gasteiger partial charge in [-0.2, -0.15) is 0 Å². The van der Waals surface area contributed by atoms with Gasteiger partial charge < -0.3 is 4.57 Å². The van der Waals surface area contributed by atoms with Gasteiger partial charge in [0.05, 0.1) is 17.5 Å². The van der Waals surface area contributed by atoms with E-state index in [1.807, 2.05) is 10.8 Å². The molecule has 1 aromatic heterocycles. The minimum atomic E-state index is -0.162. The SMILES string of the molecule is Cl.O=C1c2ccccc2C(=O)N1CCCCCn1ccnc1. The highest BCUT2D eigenvalue weighted by Crippen LogP contribution is 2.22. The Labute approximate surface area is 135 Å². The molecule has 0 saturated heterocycles. The maximum absolute atomic E-state index is 12.2. The number of hydrogen-bond donors (Lipinski definition) is 0. The molecule has 0 bridgehead atoms. The Morgan fingerprint density at radius 3 is 2.14 bits per heavy atom. The molecule has 0 saturated carbocycles. The van der Waals surface area contributed by atoms with Crippen LogP contribution < -0.4 is 0 Å². The number of imide groups is 1. The van der Waals surface area contributed by atoms with E-state index in [0.29, 0.717) is 17.7 Å². The summed E-state index contributed by atoms with van der Waals surface area (Å²) in [6.07, 6.45) is 8.32. The van der Waals surface area contributed by atoms with E-state index in [1.54, 1.807) is 36.8 Å². The standard InChI is InChI=1S/C16H17N3O2.ClH/c20-15-13-6-2-3-7-14(13)16(21)19(15)10-5-1-4-9-18-11-8-17-12-18;/h2-3,6-8,11-12H,1,4-5,9-10H2;1H. The number of hydrogen-bond acceptors (Lipinski definition) is 3. The van der Waals surface area contributed by atoms with Gasteiger partial charge in [0, 0.05) is 25.5 Å². The van der Waals surface area contributed by atoms with Crippen LogP contribution in [-0.4, -0.2) is 32.8 Å². The zero-order valence-corrected chi connectivity index (χ0v) is 13.0. The molecule has 2 amide bonds. The average molecular weight is 320 g/mol. The summed E-state index contributed by atoms with van der Waals surface area (Å²) < 4.78 is 2.03. The van der Waals surface area contributed by atoms with Crippen LogP contribution in [0.5, 0.6) is 0 Å². The lowest BCUT2D eigenvalue weighted by atomic mass is 10.1. The molecule has 0 aliphatic carbocycles. The first-order valence-electron chi connectivity index (χ1n) is 7.18. The van der Waals surface area contributed by atoms with Crippen molar-refractivity contribution in [3.63, 3.8) is 0 Å². The number of nitrogens with zero attached hydrogens (tertiary/aromatic N) is 3. The number of aryl methyl sites for hydroxylation is 1. The van der Waals surface area contributed by atoms with Crippen LogP contribution in [0.2, 0.25) is 0 Å². The van der Waals surface area contributed by atoms with Crippen LogP contribution in [0.25, 0.3) is 0 Å². The van der Waals surface area contributed by atoms with Gasteiger partial charge in [-0.05, 0) is 31.4 Å². The quantitative estimate of drug-likeness (QED) is 0.607. The molecule has 22 heavy (non-hydrogen) atoms. The number of carbonyl (C=O) groups excluding carboxylic acids is 2. The second-order valence-electron chi connectivity index (χ2n) is 5.17. The summed E-state index contributed by atoms with van der Waals surface area (Å²) in [6, 6.07) is 7.01. The van der Waals surface area contributed by atoms with Gasteiger partial charge in [-0.25, -0.2) is 4.98 Å². The summed E-state index contributed by atoms with van der Waals surface area (Å²) >= 11 is 0. The van der Waals surface area contributed by atoms with Crippen molar-refractivity contribution < 1.29 is 9.59 Å². The van der Waals surface area contributed by atoms with Crippen molar-refractivity contribution in [2.75, 3.05) is 6.54 Å². The molecule has 2 heterocycles. The third-order valence-corrected chi connectivity index (χ3v) is 3.74. The highest BCUT2D eigenvalue weighted by atomic mass is 35.5. The van der Waals surface area contributed by atoms with E-state index >= 15 is 0 Å². The molecule has 0 fully saturated rings. The zero-order chi connectivity index (χ0) is 14.7. The van der Waals surface area contributed by atoms with Gasteiger partial charge in [-0.15, -0.1) is 12.4 Å². The number of imidazole rings is 1. The highest BCUT2D eigenvalue weighted by Gasteiger charge is 2.34. The van der Waals surface area contributed by atoms with Gasteiger partial charge in [-0.3, -0.25) is 14.5 Å². The number of carbonyl (C=O) groups is 2. The van der Waals surface area contributed by atoms with Gasteiger partial charge in [0.2, 0.25) is 0 Å². The molecular formula is C16H18ClN3O2. The molecule has 0 N–H and O–H groups in total. The van der Waals surface area contributed by atoms with Crippen molar-refractivity contribution in [3.05, 3.63) is 54.1 Å². The molecule has 0 radical (unpaired) electrons. The summed E-state index contributed by atoms with van der Waals surface area (Å²) in [5.41, 5.74) is 1.06. The fourth-order valence-corrected chi connectivity index (χ4v) is 2.60. The largest absolute Gasteiger partial charge is 0.337 e. The predicted molar refractivity (Wildman–Crippen MR) is 85.1 cm³/mol. The number of benzene rings is 1. The molecule has 0 atom stereocenters. The Morgan fingerprint density at radius 2 is 1.55 bits per heavy atom. The third kappa shape index (κ3) is 3.20. The average Bonchev–Trinajstić information content (AvgIpc) is 3.10. The topological polar surface area (TPSA) is 55.2 Å². The third-order valence-electron chi connectivity index (χ3n) is 3.74. The Morgan fingerprint density at radius 1 is 0.909 bits per heavy atom. The molecule has 5 nitrogen and oxygen atoms in total. The monoisotopic (exact) mass is 319 g/mol. The fourth-order valence-electron chi connectivity index (χ4n) is 2.60. The van der Waals surface area contributed by atoms with Crippen molar-refractivity contribution in [1.29, 1.82) is 0 Å². The fraction of sp³-hybridized carbons (Fsp3) is 0.312. The molecule has 116 valence electrons. The molecule has 6 heteroatoms. The van der Waals surface area contributed by atoms with Crippen molar-refractivity contribution in [2.45, 2.75) is 25.8 Å². The molecular weight excluding hydrogens is 302 g/mol. The van der Waals surface area contributed by atoms with Gasteiger partial charge >= 0.3 is 0 Å². The van der Waals surface area contributed by atoms with Gasteiger partial charge in [-0.1, -0.05) is 12.1 Å². The maximum Gasteiger partial charge on any atom is 0.261 e. The summed E-state index contributed by atoms with van der Waals surface area (Å²) in [5, 5.41) is 0. The first kappa shape index (κ1) is 16.2. The molecule has 1 aliphatic heterocycles. The van der Waals surface area contributed by atoms with Crippen LogP contribution in [-0.2, 0) is 6.54 Å². The summed E-state index contributed by atoms with van der Waals surface area (Å²) in [7, 11) is 0. The first-order valence-corrected chi connectivity index (χ1v) is 7.18. The Kier molecular flexibility index (Phi) is 5.33. The lowest BCUT2D eigenvalue weighted by Crippen LogP contribution is -2.30. The molecule has 2 aromatic rings. The van der Waals surface area contributed by atoms with E-state index in [2.05, 4.69) is 4.98 Å². The Bertz CT molecular complexity index is 620. The zero-order valence-electron chi connectivity index (χ0n) is 12.1. The molecule has 0 unspecified atom stereocenters. The van der Waals surface area contributed by atoms with Gasteiger partial charge in [0.15, 0.2) is 0 Å². The smallest absolute Gasteiger partial charge is 0.261 e. The summed E-state index contributed by atoms with van der Waals surface area (Å²) in [5.74, 6) is -0.324. The molecule has 0 spiro atoms. The number of aromatic nitrogens is 2. The van der Waals surface area contributed by atoms with E-state index in [9.17, 15) is 9.59 Å². The van der Waals surface area contributed by atoms with E-state index < -0.39 is 0 Å². The number of unbranched alkanes of at least 4 members (excludes halogenated alkanes) is 2. The number of rotatable bonds is 6. The van der Waals surface area contributed by atoms with Crippen LogP contribution in [0.4, 0.5) is 0 Å². The molecule has 3 rings (SSSR count). The van der Waals surface area contributed by atoms with E-state index in [4.69, 9.17) is 0 Å². The number of halogens is 1. The van der Waals surface area contributed by atoms with Gasteiger partial charge in [0.25, 0.3) is 11.8 Å². The van der Waals surface area contributed by atoms with Crippen molar-refractivity contribution in [2.24, 2.45) is 0 Å². The van der Waals surface area contributed by atoms with E-state index in [1.165, 1.54) is 4.90 Å². The maximum atomic E-state index is 12.2. The minimum absolute atomic E-state index is 0. The molecule has 1 aromatic carbocycles. The van der Waals surface area contributed by atoms with Crippen molar-refractivity contribution >= 4 is 24.2 Å². The van der Waals surface area contributed by atoms with Crippen LogP contribution in [0, 0.1) is 0 Å². The highest BCUT2D eigenvalue weighted by molar-refractivity contribution is 6.21. The van der Waals surface area contributed by atoms with Crippen LogP contribution in [0.1, 0.15) is 40.0 Å². The predicted octanol–water partition coefficient (Wildman–Crippen LogP) is 2.77. The number of amides is 2. The van der Waals surface area contributed by atoms with Crippen LogP contribution in [0.3, 0.4) is 0 Å².